The van der Waals surface area contributed by atoms with Gasteiger partial charge in [-0.2, -0.15) is 10.1 Å². The fraction of sp³-hybridized carbons (Fsp3) is 0.300. The molecule has 2 aromatic heterocycles. The van der Waals surface area contributed by atoms with Gasteiger partial charge in [0.2, 0.25) is 5.28 Å². The topological polar surface area (TPSA) is 43.6 Å². The molecule has 0 radical (unpaired) electrons. The van der Waals surface area contributed by atoms with Crippen molar-refractivity contribution in [3.8, 4) is 5.82 Å². The fourth-order valence-electron chi connectivity index (χ4n) is 1.41. The second-order valence-electron chi connectivity index (χ2n) is 3.52. The van der Waals surface area contributed by atoms with Crippen molar-refractivity contribution in [1.82, 2.24) is 19.7 Å². The number of hydrogen-bond acceptors (Lipinski definition) is 3. The predicted octanol–water partition coefficient (Wildman–Crippen LogP) is 2.89. The van der Waals surface area contributed by atoms with Gasteiger partial charge >= 0.3 is 0 Å². The monoisotopic (exact) mass is 256 g/mol. The van der Waals surface area contributed by atoms with Crippen LogP contribution in [-0.2, 0) is 0 Å². The lowest BCUT2D eigenvalue weighted by Gasteiger charge is -2.05. The SMILES string of the molecule is Cc1nn(-c2nc(Cl)ncc2Cl)c(C)c1C. The van der Waals surface area contributed by atoms with Gasteiger partial charge in [0.05, 0.1) is 11.9 Å². The summed E-state index contributed by atoms with van der Waals surface area (Å²) in [6.07, 6.45) is 1.47. The lowest BCUT2D eigenvalue weighted by atomic mass is 10.2. The Morgan fingerprint density at radius 1 is 1.19 bits per heavy atom. The summed E-state index contributed by atoms with van der Waals surface area (Å²) in [7, 11) is 0. The van der Waals surface area contributed by atoms with Gasteiger partial charge in [-0.3, -0.25) is 0 Å². The Morgan fingerprint density at radius 3 is 2.44 bits per heavy atom. The highest BCUT2D eigenvalue weighted by atomic mass is 35.5. The van der Waals surface area contributed by atoms with E-state index in [0.717, 1.165) is 17.0 Å². The van der Waals surface area contributed by atoms with Crippen LogP contribution in [0.3, 0.4) is 0 Å². The van der Waals surface area contributed by atoms with Crippen LogP contribution in [0.15, 0.2) is 6.20 Å². The van der Waals surface area contributed by atoms with Crippen molar-refractivity contribution in [2.24, 2.45) is 0 Å². The molecular weight excluding hydrogens is 247 g/mol. The fourth-order valence-corrected chi connectivity index (χ4v) is 1.71. The van der Waals surface area contributed by atoms with E-state index in [1.54, 1.807) is 4.68 Å². The van der Waals surface area contributed by atoms with E-state index in [-0.39, 0.29) is 5.28 Å². The molecule has 0 saturated heterocycles. The first-order valence-electron chi connectivity index (χ1n) is 4.72. The minimum atomic E-state index is 0.157. The zero-order valence-electron chi connectivity index (χ0n) is 9.12. The van der Waals surface area contributed by atoms with E-state index in [4.69, 9.17) is 23.2 Å². The van der Waals surface area contributed by atoms with E-state index in [1.807, 2.05) is 20.8 Å². The minimum Gasteiger partial charge on any atom is -0.225 e. The van der Waals surface area contributed by atoms with Crippen molar-refractivity contribution in [2.75, 3.05) is 0 Å². The molecule has 16 heavy (non-hydrogen) atoms. The lowest BCUT2D eigenvalue weighted by Crippen LogP contribution is -2.04. The molecule has 0 aliphatic carbocycles. The summed E-state index contributed by atoms with van der Waals surface area (Å²) in [6.45, 7) is 5.90. The van der Waals surface area contributed by atoms with Gasteiger partial charge in [-0.25, -0.2) is 9.67 Å². The van der Waals surface area contributed by atoms with E-state index in [1.165, 1.54) is 6.20 Å². The molecule has 2 heterocycles. The van der Waals surface area contributed by atoms with E-state index >= 15 is 0 Å². The average molecular weight is 257 g/mol. The molecule has 0 atom stereocenters. The highest BCUT2D eigenvalue weighted by Crippen LogP contribution is 2.22. The maximum atomic E-state index is 6.02. The van der Waals surface area contributed by atoms with Crippen molar-refractivity contribution < 1.29 is 0 Å². The molecule has 0 saturated carbocycles. The van der Waals surface area contributed by atoms with Crippen molar-refractivity contribution >= 4 is 23.2 Å². The van der Waals surface area contributed by atoms with Crippen LogP contribution in [0, 0.1) is 20.8 Å². The third-order valence-corrected chi connectivity index (χ3v) is 3.00. The third-order valence-electron chi connectivity index (χ3n) is 2.55. The molecule has 4 nitrogen and oxygen atoms in total. The van der Waals surface area contributed by atoms with E-state index in [2.05, 4.69) is 15.1 Å². The smallest absolute Gasteiger partial charge is 0.224 e. The Morgan fingerprint density at radius 2 is 1.88 bits per heavy atom. The van der Waals surface area contributed by atoms with Gasteiger partial charge < -0.3 is 0 Å². The summed E-state index contributed by atoms with van der Waals surface area (Å²) < 4.78 is 1.68. The second kappa shape index (κ2) is 4.03. The van der Waals surface area contributed by atoms with Crippen LogP contribution in [0.25, 0.3) is 5.82 Å². The molecule has 0 amide bonds. The highest BCUT2D eigenvalue weighted by molar-refractivity contribution is 6.32. The van der Waals surface area contributed by atoms with Gasteiger partial charge in [0.15, 0.2) is 5.82 Å². The molecule has 6 heteroatoms. The number of hydrogen-bond donors (Lipinski definition) is 0. The average Bonchev–Trinajstić information content (AvgIpc) is 2.50. The molecule has 0 spiro atoms. The largest absolute Gasteiger partial charge is 0.225 e. The molecule has 0 fully saturated rings. The number of aryl methyl sites for hydroxylation is 1. The van der Waals surface area contributed by atoms with Crippen LogP contribution in [0.5, 0.6) is 0 Å². The van der Waals surface area contributed by atoms with Crippen molar-refractivity contribution in [2.45, 2.75) is 20.8 Å². The maximum Gasteiger partial charge on any atom is 0.224 e. The molecule has 0 unspecified atom stereocenters. The number of nitrogens with zero attached hydrogens (tertiary/aromatic N) is 4. The van der Waals surface area contributed by atoms with Crippen molar-refractivity contribution in [1.29, 1.82) is 0 Å². The van der Waals surface area contributed by atoms with Crippen LogP contribution < -0.4 is 0 Å². The Balaban J connectivity index is 2.67. The van der Waals surface area contributed by atoms with Crippen LogP contribution in [0.1, 0.15) is 17.0 Å². The molecule has 2 rings (SSSR count). The minimum absolute atomic E-state index is 0.157. The zero-order chi connectivity index (χ0) is 11.9. The molecule has 0 aliphatic rings. The Bertz CT molecular complexity index is 548. The van der Waals surface area contributed by atoms with E-state index < -0.39 is 0 Å². The molecule has 0 N–H and O–H groups in total. The first-order valence-corrected chi connectivity index (χ1v) is 5.47. The van der Waals surface area contributed by atoms with Gasteiger partial charge in [-0.15, -0.1) is 0 Å². The van der Waals surface area contributed by atoms with Crippen LogP contribution in [0.4, 0.5) is 0 Å². The summed E-state index contributed by atoms with van der Waals surface area (Å²) in [5.74, 6) is 0.510. The van der Waals surface area contributed by atoms with E-state index in [0.29, 0.717) is 10.8 Å². The number of rotatable bonds is 1. The molecule has 0 bridgehead atoms. The second-order valence-corrected chi connectivity index (χ2v) is 4.26. The quantitative estimate of drug-likeness (QED) is 0.738. The molecule has 0 aliphatic heterocycles. The van der Waals surface area contributed by atoms with Crippen LogP contribution in [0.2, 0.25) is 10.3 Å². The summed E-state index contributed by atoms with van der Waals surface area (Å²) in [5.41, 5.74) is 3.06. The predicted molar refractivity (Wildman–Crippen MR) is 63.4 cm³/mol. The normalized spacial score (nSPS) is 10.8. The van der Waals surface area contributed by atoms with Crippen molar-refractivity contribution in [3.63, 3.8) is 0 Å². The van der Waals surface area contributed by atoms with Gasteiger partial charge in [-0.1, -0.05) is 11.6 Å². The van der Waals surface area contributed by atoms with Gasteiger partial charge in [0.25, 0.3) is 0 Å². The summed E-state index contributed by atoms with van der Waals surface area (Å²) in [5, 5.41) is 4.95. The summed E-state index contributed by atoms with van der Waals surface area (Å²) >= 11 is 11.8. The first-order chi connectivity index (χ1) is 7.50. The molecule has 2 aromatic rings. The Labute approximate surface area is 103 Å². The number of halogens is 2. The standard InChI is InChI=1S/C10H10Cl2N4/c1-5-6(2)15-16(7(5)3)9-8(11)4-13-10(12)14-9/h4H,1-3H3. The lowest BCUT2D eigenvalue weighted by molar-refractivity contribution is 0.800. The van der Waals surface area contributed by atoms with Crippen LogP contribution in [-0.4, -0.2) is 19.7 Å². The van der Waals surface area contributed by atoms with Crippen LogP contribution >= 0.6 is 23.2 Å². The third kappa shape index (κ3) is 1.79. The van der Waals surface area contributed by atoms with Crippen molar-refractivity contribution in [3.05, 3.63) is 33.5 Å². The number of aromatic nitrogens is 4. The molecule has 0 aromatic carbocycles. The van der Waals surface area contributed by atoms with Gasteiger partial charge in [0, 0.05) is 5.69 Å². The Kier molecular flexibility index (Phi) is 2.86. The molecular formula is C10H10Cl2N4. The summed E-state index contributed by atoms with van der Waals surface area (Å²) in [6, 6.07) is 0. The first kappa shape index (κ1) is 11.4. The zero-order valence-corrected chi connectivity index (χ0v) is 10.6. The van der Waals surface area contributed by atoms with Gasteiger partial charge in [0.1, 0.15) is 5.02 Å². The van der Waals surface area contributed by atoms with Gasteiger partial charge in [-0.05, 0) is 37.9 Å². The Hall–Kier alpha value is -1.13. The molecule has 84 valence electrons. The highest BCUT2D eigenvalue weighted by Gasteiger charge is 2.13. The summed E-state index contributed by atoms with van der Waals surface area (Å²) in [4.78, 5) is 7.89. The maximum absolute atomic E-state index is 6.02. The van der Waals surface area contributed by atoms with E-state index in [9.17, 15) is 0 Å².